The highest BCUT2D eigenvalue weighted by Gasteiger charge is 2.22. The van der Waals surface area contributed by atoms with Crippen molar-refractivity contribution in [2.75, 3.05) is 0 Å². The van der Waals surface area contributed by atoms with Gasteiger partial charge >= 0.3 is 0 Å². The summed E-state index contributed by atoms with van der Waals surface area (Å²) in [4.78, 5) is 0. The van der Waals surface area contributed by atoms with Crippen LogP contribution in [0.25, 0.3) is 99.2 Å². The van der Waals surface area contributed by atoms with Gasteiger partial charge in [0.2, 0.25) is 0 Å². The van der Waals surface area contributed by atoms with E-state index in [4.69, 9.17) is 31.8 Å². The maximum absolute atomic E-state index is 10.1. The number of para-hydroxylation sites is 4. The van der Waals surface area contributed by atoms with Crippen LogP contribution in [-0.2, 0) is 0 Å². The zero-order valence-electron chi connectivity index (χ0n) is 55.3. The van der Waals surface area contributed by atoms with Crippen LogP contribution < -0.4 is 0 Å². The van der Waals surface area contributed by atoms with Crippen LogP contribution in [0.3, 0.4) is 0 Å². The number of hydrogen-bond donors (Lipinski definition) is 0. The molecule has 3 heterocycles. The molecular formula is C48H30N2O. The van der Waals surface area contributed by atoms with Gasteiger partial charge in [-0.15, -0.1) is 0 Å². The molecule has 0 saturated carbocycles. The Balaban J connectivity index is 1.42. The fraction of sp³-hybridized carbons (Fsp3) is 0. The molecule has 8 aromatic carbocycles. The second kappa shape index (κ2) is 10.8. The Hall–Kier alpha value is -6.84. The van der Waals surface area contributed by atoms with E-state index in [0.29, 0.717) is 0 Å². The maximum Gasteiger partial charge on any atom is 0.137 e. The summed E-state index contributed by atoms with van der Waals surface area (Å²) in [5.74, 6) is 0. The van der Waals surface area contributed by atoms with Gasteiger partial charge in [-0.3, -0.25) is 0 Å². The van der Waals surface area contributed by atoms with E-state index >= 15 is 0 Å². The molecule has 0 unspecified atom stereocenters. The van der Waals surface area contributed by atoms with Gasteiger partial charge < -0.3 is 13.6 Å². The van der Waals surface area contributed by atoms with Crippen molar-refractivity contribution in [1.29, 1.82) is 0 Å². The highest BCUT2D eigenvalue weighted by Crippen LogP contribution is 2.44. The number of fused-ring (bicyclic) bond motifs is 9. The summed E-state index contributed by atoms with van der Waals surface area (Å²) in [5.41, 5.74) is -9.05. The molecular weight excluding hydrogens is 621 g/mol. The van der Waals surface area contributed by atoms with Crippen LogP contribution in [0, 0.1) is 0 Å². The smallest absolute Gasteiger partial charge is 0.137 e. The molecule has 0 aliphatic rings. The summed E-state index contributed by atoms with van der Waals surface area (Å²) >= 11 is 0. The lowest BCUT2D eigenvalue weighted by molar-refractivity contribution is 0.669. The fourth-order valence-corrected chi connectivity index (χ4v) is 6.30. The number of aromatic nitrogens is 2. The monoisotopic (exact) mass is 680 g/mol. The first-order valence-corrected chi connectivity index (χ1v) is 15.0. The number of benzene rings is 8. The van der Waals surface area contributed by atoms with Gasteiger partial charge in [0.25, 0.3) is 0 Å². The molecule has 3 heteroatoms. The predicted molar refractivity (Wildman–Crippen MR) is 213 cm³/mol. The molecule has 11 rings (SSSR count). The molecule has 0 saturated heterocycles. The Morgan fingerprint density at radius 3 is 1.59 bits per heavy atom. The first-order valence-electron chi connectivity index (χ1n) is 30.0. The Bertz CT molecular complexity index is 4820. The number of furan rings is 1. The lowest BCUT2D eigenvalue weighted by atomic mass is 9.99. The quantitative estimate of drug-likeness (QED) is 0.181. The Labute approximate surface area is 336 Å². The summed E-state index contributed by atoms with van der Waals surface area (Å²) in [6, 6.07) is -28.5. The lowest BCUT2D eigenvalue weighted by Crippen LogP contribution is -1.98. The molecule has 0 aliphatic heterocycles. The second-order valence-corrected chi connectivity index (χ2v) is 11.0. The van der Waals surface area contributed by atoms with E-state index in [9.17, 15) is 13.7 Å². The summed E-state index contributed by atoms with van der Waals surface area (Å²) in [5, 5.41) is -3.77. The molecule has 3 aromatic heterocycles. The fourth-order valence-electron chi connectivity index (χ4n) is 6.30. The lowest BCUT2D eigenvalue weighted by Gasteiger charge is -2.16. The van der Waals surface area contributed by atoms with Crippen LogP contribution in [0.5, 0.6) is 0 Å². The third-order valence-corrected chi connectivity index (χ3v) is 8.36. The minimum absolute atomic E-state index is 0.570. The van der Waals surface area contributed by atoms with Crippen molar-refractivity contribution in [1.82, 2.24) is 9.13 Å². The van der Waals surface area contributed by atoms with Crippen LogP contribution >= 0.6 is 0 Å². The Kier molecular flexibility index (Phi) is 2.47. The van der Waals surface area contributed by atoms with Crippen molar-refractivity contribution >= 4 is 65.6 Å². The van der Waals surface area contributed by atoms with E-state index in [1.807, 2.05) is 0 Å². The zero-order valence-corrected chi connectivity index (χ0v) is 25.3. The van der Waals surface area contributed by atoms with Gasteiger partial charge in [0.1, 0.15) is 11.2 Å². The van der Waals surface area contributed by atoms with Crippen molar-refractivity contribution in [3.8, 4) is 33.6 Å². The molecule has 0 fully saturated rings. The molecule has 0 atom stereocenters. The summed E-state index contributed by atoms with van der Waals surface area (Å²) in [6.07, 6.45) is 0. The topological polar surface area (TPSA) is 23.0 Å². The SMILES string of the molecule is [2H]c1c([2H])c([2H])c(-c2c([2H])c([2H])c3oc4c([2H])c([2H])c([2H])c([2H])c4c3c2-n2c3c([2H])c([2H])c([2H])c([2H])c3c3c([2H])c(-c4c([2H])c([2H])c5c(c4[2H])c4c([2H])c([2H])c([2H])c([2H])c4n5-c4c([2H])c([2H])c([2H])c([2H])c4[2H])c([2H])c([2H])c32)c([2H])c1[2H]. The van der Waals surface area contributed by atoms with Crippen LogP contribution in [0.2, 0.25) is 0 Å². The Morgan fingerprint density at radius 2 is 0.902 bits per heavy atom. The van der Waals surface area contributed by atoms with Gasteiger partial charge in [-0.1, -0.05) is 115 Å². The van der Waals surface area contributed by atoms with Crippen LogP contribution in [0.1, 0.15) is 41.1 Å². The highest BCUT2D eigenvalue weighted by molar-refractivity contribution is 6.17. The third kappa shape index (κ3) is 4.12. The number of rotatable bonds is 4. The molecule has 238 valence electrons. The number of hydrogen-bond acceptors (Lipinski definition) is 1. The molecule has 0 bridgehead atoms. The molecule has 51 heavy (non-hydrogen) atoms. The van der Waals surface area contributed by atoms with Crippen LogP contribution in [0.4, 0.5) is 0 Å². The van der Waals surface area contributed by atoms with E-state index in [0.717, 1.165) is 9.13 Å². The van der Waals surface area contributed by atoms with Crippen molar-refractivity contribution in [2.45, 2.75) is 0 Å². The van der Waals surface area contributed by atoms with Crippen LogP contribution in [0.15, 0.2) is 186 Å². The zero-order chi connectivity index (χ0) is 59.6. The second-order valence-electron chi connectivity index (χ2n) is 11.0. The van der Waals surface area contributed by atoms with Crippen molar-refractivity contribution in [3.63, 3.8) is 0 Å². The van der Waals surface area contributed by atoms with Crippen molar-refractivity contribution in [2.24, 2.45) is 0 Å². The average Bonchev–Trinajstić information content (AvgIpc) is 2.75. The van der Waals surface area contributed by atoms with Gasteiger partial charge in [0.15, 0.2) is 0 Å². The third-order valence-electron chi connectivity index (χ3n) is 8.36. The molecule has 0 radical (unpaired) electrons. The first-order chi connectivity index (χ1) is 37.8. The van der Waals surface area contributed by atoms with E-state index in [2.05, 4.69) is 0 Å². The summed E-state index contributed by atoms with van der Waals surface area (Å²) in [7, 11) is 0. The molecule has 3 nitrogen and oxygen atoms in total. The van der Waals surface area contributed by atoms with Crippen molar-refractivity contribution < 1.29 is 45.5 Å². The average molecular weight is 681 g/mol. The normalized spacial score (nSPS) is 20.2. The van der Waals surface area contributed by atoms with Crippen LogP contribution in [-0.4, -0.2) is 9.13 Å². The minimum Gasteiger partial charge on any atom is -0.456 e. The standard InChI is InChI=1S/C48H30N2O/c1-3-13-31(14-4-1)35-25-28-46-47(38-19-9-12-22-45(38)51-46)48(35)50-42-21-11-8-18-37(42)40-30-33(24-27-44(40)50)32-23-26-43-39(29-32)36-17-7-10-20-41(36)49(43)34-15-5-2-6-16-34/h1-30H/i1D,2D,3D,4D,5D,6D,7D,8D,9D,10D,11D,12D,13D,14D,15D,16D,17D,18D,19D,20D,21D,22D,23D,24D,25D,26D,27D,28D,29D,30D. The van der Waals surface area contributed by atoms with E-state index in [-0.39, 0.29) is 0 Å². The van der Waals surface area contributed by atoms with Gasteiger partial charge in [-0.2, -0.15) is 0 Å². The van der Waals surface area contributed by atoms with Gasteiger partial charge in [0.05, 0.1) is 74.3 Å². The summed E-state index contributed by atoms with van der Waals surface area (Å²) < 4.78 is 279. The van der Waals surface area contributed by atoms with Crippen molar-refractivity contribution in [3.05, 3.63) is 181 Å². The largest absolute Gasteiger partial charge is 0.456 e. The van der Waals surface area contributed by atoms with Gasteiger partial charge in [-0.25, -0.2) is 0 Å². The maximum atomic E-state index is 10.1. The summed E-state index contributed by atoms with van der Waals surface area (Å²) in [6.45, 7) is 0. The minimum atomic E-state index is -1.12. The van der Waals surface area contributed by atoms with Gasteiger partial charge in [0, 0.05) is 38.2 Å². The molecule has 0 spiro atoms. The number of nitrogens with zero attached hydrogens (tertiary/aromatic N) is 2. The first kappa shape index (κ1) is 11.6. The molecule has 0 aliphatic carbocycles. The predicted octanol–water partition coefficient (Wildman–Crippen LogP) is 13.1. The van der Waals surface area contributed by atoms with Gasteiger partial charge in [-0.05, 0) is 83.2 Å². The van der Waals surface area contributed by atoms with E-state index in [1.54, 1.807) is 0 Å². The molecule has 0 amide bonds. The Morgan fingerprint density at radius 1 is 0.373 bits per heavy atom. The molecule has 0 N–H and O–H groups in total. The van der Waals surface area contributed by atoms with E-state index in [1.165, 1.54) is 0 Å². The molecule has 11 aromatic rings. The highest BCUT2D eigenvalue weighted by atomic mass is 16.3. The van der Waals surface area contributed by atoms with E-state index < -0.39 is 280 Å².